The predicted octanol–water partition coefficient (Wildman–Crippen LogP) is 5.29. The number of hydrogen-bond donors (Lipinski definition) is 0. The van der Waals surface area contributed by atoms with Gasteiger partial charge in [0.2, 0.25) is 0 Å². The maximum Gasteiger partial charge on any atom is 0.191 e. The summed E-state index contributed by atoms with van der Waals surface area (Å²) in [4.78, 5) is 12.1. The molecule has 0 aliphatic carbocycles. The first-order valence-corrected chi connectivity index (χ1v) is 7.94. The summed E-state index contributed by atoms with van der Waals surface area (Å²) in [5.74, 6) is 0.0210. The topological polar surface area (TPSA) is 26.3 Å². The highest BCUT2D eigenvalue weighted by Gasteiger charge is 2.15. The summed E-state index contributed by atoms with van der Waals surface area (Å²) < 4.78 is 5.61. The number of halogens is 1. The van der Waals surface area contributed by atoms with E-state index >= 15 is 0 Å². The Kier molecular flexibility index (Phi) is 8.56. The van der Waals surface area contributed by atoms with Gasteiger partial charge in [-0.2, -0.15) is 0 Å². The van der Waals surface area contributed by atoms with Crippen LogP contribution in [0.2, 0.25) is 5.02 Å². The molecular formula is C17H25ClO2. The number of hydrogen-bond acceptors (Lipinski definition) is 2. The molecule has 0 amide bonds. The van der Waals surface area contributed by atoms with Crippen LogP contribution in [0.5, 0.6) is 0 Å². The summed E-state index contributed by atoms with van der Waals surface area (Å²) in [5, 5.41) is 0.641. The molecule has 3 heteroatoms. The van der Waals surface area contributed by atoms with E-state index in [1.165, 1.54) is 32.1 Å². The van der Waals surface area contributed by atoms with Crippen LogP contribution in [0.25, 0.3) is 0 Å². The molecule has 0 saturated heterocycles. The minimum Gasteiger partial charge on any atom is -0.370 e. The second kappa shape index (κ2) is 9.95. The summed E-state index contributed by atoms with van der Waals surface area (Å²) in [7, 11) is 0. The van der Waals surface area contributed by atoms with Crippen LogP contribution in [-0.2, 0) is 4.74 Å². The van der Waals surface area contributed by atoms with E-state index in [0.29, 0.717) is 17.2 Å². The molecule has 0 radical (unpaired) electrons. The van der Waals surface area contributed by atoms with Crippen molar-refractivity contribution < 1.29 is 9.53 Å². The summed E-state index contributed by atoms with van der Waals surface area (Å²) in [5.41, 5.74) is 0.657. The van der Waals surface area contributed by atoms with Crippen LogP contribution in [0, 0.1) is 0 Å². The van der Waals surface area contributed by atoms with Gasteiger partial charge in [0.05, 0.1) is 0 Å². The Morgan fingerprint density at radius 3 is 2.35 bits per heavy atom. The van der Waals surface area contributed by atoms with Crippen molar-refractivity contribution in [2.24, 2.45) is 0 Å². The van der Waals surface area contributed by atoms with Crippen molar-refractivity contribution in [3.05, 3.63) is 34.9 Å². The maximum absolute atomic E-state index is 12.1. The fourth-order valence-corrected chi connectivity index (χ4v) is 2.19. The molecule has 1 aromatic rings. The van der Waals surface area contributed by atoms with Gasteiger partial charge < -0.3 is 4.74 Å². The molecule has 1 aromatic carbocycles. The van der Waals surface area contributed by atoms with E-state index in [1.807, 2.05) is 6.92 Å². The fraction of sp³-hybridized carbons (Fsp3) is 0.588. The van der Waals surface area contributed by atoms with Crippen molar-refractivity contribution in [2.75, 3.05) is 6.61 Å². The van der Waals surface area contributed by atoms with Gasteiger partial charge in [-0.05, 0) is 37.6 Å². The van der Waals surface area contributed by atoms with E-state index in [4.69, 9.17) is 16.3 Å². The monoisotopic (exact) mass is 296 g/mol. The third kappa shape index (κ3) is 6.53. The minimum atomic E-state index is -0.383. The Hall–Kier alpha value is -0.860. The molecule has 20 heavy (non-hydrogen) atoms. The van der Waals surface area contributed by atoms with E-state index in [-0.39, 0.29) is 11.9 Å². The number of Topliss-reactive ketones (excluding diaryl/α,β-unsaturated/α-hetero) is 1. The Morgan fingerprint density at radius 1 is 1.10 bits per heavy atom. The average Bonchev–Trinajstić information content (AvgIpc) is 2.46. The van der Waals surface area contributed by atoms with Crippen LogP contribution in [0.3, 0.4) is 0 Å². The molecule has 0 fully saturated rings. The van der Waals surface area contributed by atoms with Gasteiger partial charge in [0.1, 0.15) is 6.10 Å². The second-order valence-corrected chi connectivity index (χ2v) is 5.59. The van der Waals surface area contributed by atoms with Crippen molar-refractivity contribution >= 4 is 17.4 Å². The van der Waals surface area contributed by atoms with Gasteiger partial charge in [0.15, 0.2) is 5.78 Å². The molecule has 0 spiro atoms. The van der Waals surface area contributed by atoms with Gasteiger partial charge >= 0.3 is 0 Å². The largest absolute Gasteiger partial charge is 0.370 e. The van der Waals surface area contributed by atoms with Gasteiger partial charge in [-0.1, -0.05) is 50.6 Å². The SMILES string of the molecule is CCCCCCCCOC(C)C(=O)c1ccc(Cl)cc1. The number of benzene rings is 1. The fourth-order valence-electron chi connectivity index (χ4n) is 2.07. The van der Waals surface area contributed by atoms with E-state index in [1.54, 1.807) is 24.3 Å². The molecule has 2 nitrogen and oxygen atoms in total. The van der Waals surface area contributed by atoms with Gasteiger partial charge in [-0.25, -0.2) is 0 Å². The first kappa shape index (κ1) is 17.2. The van der Waals surface area contributed by atoms with Crippen LogP contribution in [0.15, 0.2) is 24.3 Å². The van der Waals surface area contributed by atoms with Gasteiger partial charge in [0, 0.05) is 17.2 Å². The molecule has 0 aliphatic heterocycles. The number of unbranched alkanes of at least 4 members (excludes halogenated alkanes) is 5. The third-order valence-electron chi connectivity index (χ3n) is 3.36. The number of carbonyl (C=O) groups is 1. The van der Waals surface area contributed by atoms with Crippen molar-refractivity contribution in [2.45, 2.75) is 58.5 Å². The zero-order valence-electron chi connectivity index (χ0n) is 12.5. The smallest absolute Gasteiger partial charge is 0.191 e. The number of carbonyl (C=O) groups excluding carboxylic acids is 1. The molecule has 0 aliphatic rings. The van der Waals surface area contributed by atoms with Gasteiger partial charge in [-0.3, -0.25) is 4.79 Å². The molecule has 112 valence electrons. The van der Waals surface area contributed by atoms with Crippen molar-refractivity contribution in [3.63, 3.8) is 0 Å². The minimum absolute atomic E-state index is 0.0210. The molecule has 0 bridgehead atoms. The Labute approximate surface area is 127 Å². The van der Waals surface area contributed by atoms with Crippen LogP contribution >= 0.6 is 11.6 Å². The molecule has 0 N–H and O–H groups in total. The van der Waals surface area contributed by atoms with Crippen LogP contribution in [-0.4, -0.2) is 18.5 Å². The lowest BCUT2D eigenvalue weighted by atomic mass is 10.1. The molecule has 1 unspecified atom stereocenters. The highest BCUT2D eigenvalue weighted by Crippen LogP contribution is 2.13. The molecular weight excluding hydrogens is 272 g/mol. The Balaban J connectivity index is 2.20. The highest BCUT2D eigenvalue weighted by molar-refractivity contribution is 6.30. The van der Waals surface area contributed by atoms with Gasteiger partial charge in [-0.15, -0.1) is 0 Å². The van der Waals surface area contributed by atoms with E-state index in [0.717, 1.165) is 6.42 Å². The molecule has 0 saturated carbocycles. The highest BCUT2D eigenvalue weighted by atomic mass is 35.5. The van der Waals surface area contributed by atoms with Crippen molar-refractivity contribution in [1.82, 2.24) is 0 Å². The lowest BCUT2D eigenvalue weighted by Gasteiger charge is -2.12. The lowest BCUT2D eigenvalue weighted by molar-refractivity contribution is 0.0464. The van der Waals surface area contributed by atoms with E-state index < -0.39 is 0 Å². The lowest BCUT2D eigenvalue weighted by Crippen LogP contribution is -2.21. The quantitative estimate of drug-likeness (QED) is 0.433. The second-order valence-electron chi connectivity index (χ2n) is 5.15. The van der Waals surface area contributed by atoms with Crippen molar-refractivity contribution in [1.29, 1.82) is 0 Å². The molecule has 0 aromatic heterocycles. The molecule has 1 atom stereocenters. The predicted molar refractivity (Wildman–Crippen MR) is 84.6 cm³/mol. The normalized spacial score (nSPS) is 12.3. The first-order chi connectivity index (χ1) is 9.65. The van der Waals surface area contributed by atoms with E-state index in [9.17, 15) is 4.79 Å². The first-order valence-electron chi connectivity index (χ1n) is 7.56. The maximum atomic E-state index is 12.1. The summed E-state index contributed by atoms with van der Waals surface area (Å²) in [6.07, 6.45) is 6.97. The Morgan fingerprint density at radius 2 is 1.70 bits per heavy atom. The molecule has 0 heterocycles. The van der Waals surface area contributed by atoms with Crippen LogP contribution < -0.4 is 0 Å². The number of rotatable bonds is 10. The molecule has 1 rings (SSSR count). The number of ketones is 1. The zero-order chi connectivity index (χ0) is 14.8. The average molecular weight is 297 g/mol. The standard InChI is InChI=1S/C17H25ClO2/c1-3-4-5-6-7-8-13-20-14(2)17(19)15-9-11-16(18)12-10-15/h9-12,14H,3-8,13H2,1-2H3. The summed E-state index contributed by atoms with van der Waals surface area (Å²) in [6, 6.07) is 6.95. The zero-order valence-corrected chi connectivity index (χ0v) is 13.3. The summed E-state index contributed by atoms with van der Waals surface area (Å²) >= 11 is 5.81. The van der Waals surface area contributed by atoms with Crippen LogP contribution in [0.4, 0.5) is 0 Å². The van der Waals surface area contributed by atoms with Crippen LogP contribution in [0.1, 0.15) is 62.7 Å². The van der Waals surface area contributed by atoms with Crippen molar-refractivity contribution in [3.8, 4) is 0 Å². The Bertz CT molecular complexity index is 386. The third-order valence-corrected chi connectivity index (χ3v) is 3.62. The summed E-state index contributed by atoms with van der Waals surface area (Å²) in [6.45, 7) is 4.69. The van der Waals surface area contributed by atoms with Gasteiger partial charge in [0.25, 0.3) is 0 Å². The van der Waals surface area contributed by atoms with E-state index in [2.05, 4.69) is 6.92 Å². The number of ether oxygens (including phenoxy) is 1.